The fourth-order valence-corrected chi connectivity index (χ4v) is 2.58. The molecule has 2 aromatic carbocycles. The first kappa shape index (κ1) is 39.9. The third-order valence-corrected chi connectivity index (χ3v) is 3.92. The number of nitrogens with one attached hydrogen (secondary N) is 1. The minimum atomic E-state index is -0.725. The van der Waals surface area contributed by atoms with E-state index in [1.807, 2.05) is 13.0 Å². The number of rotatable bonds is 2. The van der Waals surface area contributed by atoms with Crippen molar-refractivity contribution in [2.24, 2.45) is 0 Å². The Morgan fingerprint density at radius 2 is 1.41 bits per heavy atom. The van der Waals surface area contributed by atoms with Gasteiger partial charge in [0.2, 0.25) is 0 Å². The van der Waals surface area contributed by atoms with E-state index in [1.165, 1.54) is 16.8 Å². The Morgan fingerprint density at radius 1 is 0.923 bits per heavy atom. The van der Waals surface area contributed by atoms with Gasteiger partial charge in [-0.15, -0.1) is 0 Å². The molecular formula is C23H21Cs2F3N8O3. The van der Waals surface area contributed by atoms with E-state index in [9.17, 15) is 13.2 Å². The summed E-state index contributed by atoms with van der Waals surface area (Å²) in [5.41, 5.74) is 13.3. The summed E-state index contributed by atoms with van der Waals surface area (Å²) in [6.07, 6.45) is 0. The summed E-state index contributed by atoms with van der Waals surface area (Å²) in [5, 5.41) is 35.7. The average molecular weight is 780 g/mol. The van der Waals surface area contributed by atoms with Gasteiger partial charge in [-0.3, -0.25) is 9.89 Å². The molecule has 0 amide bonds. The zero-order chi connectivity index (χ0) is 28.0. The van der Waals surface area contributed by atoms with Crippen LogP contribution in [0.3, 0.4) is 0 Å². The van der Waals surface area contributed by atoms with E-state index in [0.717, 1.165) is 29.6 Å². The molecule has 0 aliphatic rings. The number of nitriles is 2. The van der Waals surface area contributed by atoms with Crippen LogP contribution in [0, 0.1) is 54.0 Å². The zero-order valence-corrected chi connectivity index (χ0v) is 34.0. The number of aromatic amines is 1. The van der Waals surface area contributed by atoms with Gasteiger partial charge in [-0.2, -0.15) is 20.7 Å². The Morgan fingerprint density at radius 3 is 1.74 bits per heavy atom. The van der Waals surface area contributed by atoms with Gasteiger partial charge in [0, 0.05) is 29.6 Å². The molecule has 0 unspecified atom stereocenters. The second kappa shape index (κ2) is 21.5. The second-order valence-electron chi connectivity index (χ2n) is 6.87. The first-order valence-corrected chi connectivity index (χ1v) is 9.92. The van der Waals surface area contributed by atoms with Crippen LogP contribution in [0.5, 0.6) is 0 Å². The molecule has 11 nitrogen and oxygen atoms in total. The van der Waals surface area contributed by atoms with Crippen molar-refractivity contribution in [2.45, 2.75) is 13.8 Å². The second-order valence-corrected chi connectivity index (χ2v) is 6.87. The van der Waals surface area contributed by atoms with E-state index in [4.69, 9.17) is 32.0 Å². The van der Waals surface area contributed by atoms with Crippen LogP contribution in [0.4, 0.5) is 24.8 Å². The van der Waals surface area contributed by atoms with Crippen LogP contribution < -0.4 is 155 Å². The molecule has 0 saturated carbocycles. The molecule has 16 heteroatoms. The van der Waals surface area contributed by atoms with Crippen molar-refractivity contribution in [3.05, 3.63) is 88.5 Å². The number of H-pyrrole nitrogens is 1. The number of hydrogen-bond donors (Lipinski definition) is 3. The third-order valence-electron chi connectivity index (χ3n) is 3.92. The Bertz CT molecular complexity index is 1390. The van der Waals surface area contributed by atoms with Crippen LogP contribution >= 0.6 is 0 Å². The predicted octanol–water partition coefficient (Wildman–Crippen LogP) is -3.53. The summed E-state index contributed by atoms with van der Waals surface area (Å²) in [6, 6.07) is 13.7. The Balaban J connectivity index is -0.000000495. The smallest absolute Gasteiger partial charge is 1.00 e. The van der Waals surface area contributed by atoms with E-state index < -0.39 is 17.5 Å². The molecule has 2 aromatic heterocycles. The number of halogens is 3. The molecule has 4 rings (SSSR count). The molecule has 39 heavy (non-hydrogen) atoms. The zero-order valence-electron chi connectivity index (χ0n) is 22.4. The number of nitrogen functional groups attached to an aromatic ring is 2. The Kier molecular flexibility index (Phi) is 22.0. The van der Waals surface area contributed by atoms with E-state index >= 15 is 0 Å². The number of benzene rings is 2. The van der Waals surface area contributed by atoms with E-state index in [2.05, 4.69) is 20.2 Å². The molecule has 2 heterocycles. The summed E-state index contributed by atoms with van der Waals surface area (Å²) >= 11 is 0. The van der Waals surface area contributed by atoms with Crippen molar-refractivity contribution in [3.63, 3.8) is 0 Å². The van der Waals surface area contributed by atoms with Crippen LogP contribution in [0.15, 0.2) is 48.5 Å². The number of aryl methyl sites for hydroxylation is 2. The molecule has 0 fully saturated rings. The van der Waals surface area contributed by atoms with Crippen LogP contribution in [-0.4, -0.2) is 26.5 Å². The van der Waals surface area contributed by atoms with Gasteiger partial charge in [-0.25, -0.2) is 17.9 Å². The first-order chi connectivity index (χ1) is 17.5. The van der Waals surface area contributed by atoms with Crippen LogP contribution in [-0.2, 0) is 9.68 Å². The third kappa shape index (κ3) is 16.0. The molecule has 0 saturated heterocycles. The largest absolute Gasteiger partial charge is 1.00 e. The fraction of sp³-hybridized carbons (Fsp3) is 0.0870. The average Bonchev–Trinajstić information content (AvgIpc) is 3.41. The van der Waals surface area contributed by atoms with Crippen LogP contribution in [0.1, 0.15) is 23.9 Å². The van der Waals surface area contributed by atoms with E-state index in [1.54, 1.807) is 31.2 Å². The van der Waals surface area contributed by atoms with Crippen molar-refractivity contribution < 1.29 is 167 Å². The van der Waals surface area contributed by atoms with Crippen molar-refractivity contribution in [1.29, 1.82) is 10.5 Å². The summed E-state index contributed by atoms with van der Waals surface area (Å²) in [7, 11) is 0. The maximum atomic E-state index is 13.2. The topological polar surface area (TPSA) is 195 Å². The quantitative estimate of drug-likeness (QED) is 0.105. The Hall–Kier alpha value is -1.24. The van der Waals surface area contributed by atoms with Crippen LogP contribution in [0.2, 0.25) is 0 Å². The summed E-state index contributed by atoms with van der Waals surface area (Å²) in [5.74, 6) is -1.01. The minimum Gasteiger partial charge on any atom is -1.00 e. The minimum absolute atomic E-state index is 0. The summed E-state index contributed by atoms with van der Waals surface area (Å²) < 4.78 is 39.2. The van der Waals surface area contributed by atoms with Crippen molar-refractivity contribution in [1.82, 2.24) is 20.0 Å². The SMILES string of the molecule is Cc1cc(N)n[nH]1.Cc1cc(N)nn1-c1cc(F)cc(C#N)c1.N#Cc1cc(F)cc(F)c1.O=CO[O-].[Cs+].[Cs+].[H-]. The maximum absolute atomic E-state index is 13.2. The summed E-state index contributed by atoms with van der Waals surface area (Å²) in [4.78, 5) is 11.2. The van der Waals surface area contributed by atoms with E-state index in [-0.39, 0.29) is 157 Å². The predicted molar refractivity (Wildman–Crippen MR) is 124 cm³/mol. The summed E-state index contributed by atoms with van der Waals surface area (Å²) in [6.45, 7) is 3.53. The molecule has 0 aliphatic carbocycles. The van der Waals surface area contributed by atoms with Gasteiger partial charge < -0.3 is 23.0 Å². The monoisotopic (exact) mass is 780 g/mol. The van der Waals surface area contributed by atoms with Gasteiger partial charge in [0.15, 0.2) is 0 Å². The molecule has 4 aromatic rings. The molecule has 194 valence electrons. The van der Waals surface area contributed by atoms with E-state index in [0.29, 0.717) is 17.3 Å². The molecule has 0 bridgehead atoms. The number of nitrogens with two attached hydrogens (primary N) is 2. The van der Waals surface area contributed by atoms with Gasteiger partial charge in [0.05, 0.1) is 29.0 Å². The first-order valence-electron chi connectivity index (χ1n) is 9.92. The number of aromatic nitrogens is 4. The normalized spacial score (nSPS) is 8.62. The van der Waals surface area contributed by atoms with Crippen molar-refractivity contribution in [2.75, 3.05) is 11.5 Å². The fourth-order valence-electron chi connectivity index (χ4n) is 2.58. The number of carbonyl (C=O) groups excluding carboxylic acids is 1. The number of nitrogens with zero attached hydrogens (tertiary/aromatic N) is 5. The van der Waals surface area contributed by atoms with Gasteiger partial charge >= 0.3 is 138 Å². The molecule has 0 radical (unpaired) electrons. The van der Waals surface area contributed by atoms with Gasteiger partial charge in [0.25, 0.3) is 6.47 Å². The van der Waals surface area contributed by atoms with Crippen molar-refractivity contribution >= 4 is 18.1 Å². The molecule has 0 atom stereocenters. The number of hydrogen-bond acceptors (Lipinski definition) is 9. The van der Waals surface area contributed by atoms with Gasteiger partial charge in [-0.05, 0) is 44.2 Å². The molecule has 0 aliphatic heterocycles. The standard InChI is InChI=1S/C11H9FN4.C7H3F2N.C4H7N3.CH2O3.2Cs.H/c1-7-2-11(14)15-16(7)10-4-8(6-13)3-9(12)5-10;8-6-1-5(4-10)2-7(9)3-6;1-3-2-4(5)7-6-3;2-1-4-3;;;/h2-5H,1H3,(H2,14,15);1-3H;2H,1H3,(H3,5,6,7);1,3H;;;/q;;;;2*+1;-1/p-1. The van der Waals surface area contributed by atoms with Gasteiger partial charge in [0.1, 0.15) is 29.1 Å². The molecule has 5 N–H and O–H groups in total. The number of carbonyl (C=O) groups is 1. The van der Waals surface area contributed by atoms with Crippen molar-refractivity contribution in [3.8, 4) is 17.8 Å². The number of anilines is 2. The Labute approximate surface area is 341 Å². The van der Waals surface area contributed by atoms with Gasteiger partial charge in [-0.1, -0.05) is 0 Å². The molecular weight excluding hydrogens is 759 g/mol. The maximum Gasteiger partial charge on any atom is 1.00 e. The molecule has 0 spiro atoms. The van der Waals surface area contributed by atoms with Crippen LogP contribution in [0.25, 0.3) is 5.69 Å².